The molecule has 1 saturated heterocycles. The number of carbonyl (C=O) groups excluding carboxylic acids is 1. The van der Waals surface area contributed by atoms with Gasteiger partial charge in [0.25, 0.3) is 0 Å². The summed E-state index contributed by atoms with van der Waals surface area (Å²) in [5.41, 5.74) is -2.44. The van der Waals surface area contributed by atoms with Gasteiger partial charge in [-0.15, -0.1) is 0 Å². The van der Waals surface area contributed by atoms with E-state index in [4.69, 9.17) is 9.47 Å². The molecule has 1 aliphatic rings. The molecule has 3 N–H and O–H groups in total. The van der Waals surface area contributed by atoms with Crippen molar-refractivity contribution in [2.24, 2.45) is 0 Å². The second-order valence-electron chi connectivity index (χ2n) is 7.24. The lowest BCUT2D eigenvalue weighted by Gasteiger charge is -2.41. The molecule has 0 spiro atoms. The van der Waals surface area contributed by atoms with Gasteiger partial charge in [0.2, 0.25) is 0 Å². The summed E-state index contributed by atoms with van der Waals surface area (Å²) in [5, 5.41) is 22.1. The number of carbonyl (C=O) groups is 1. The number of halogens is 2. The maximum atomic E-state index is 14.1. The van der Waals surface area contributed by atoms with Crippen molar-refractivity contribution in [2.45, 2.75) is 50.5 Å². The number of ether oxygens (including phenoxy) is 2. The highest BCUT2D eigenvalue weighted by atomic mass is 19.1. The Morgan fingerprint density at radius 3 is 2.72 bits per heavy atom. The van der Waals surface area contributed by atoms with Gasteiger partial charge in [0.05, 0.1) is 19.3 Å². The number of aliphatic hydroxyl groups is 2. The highest BCUT2D eigenvalue weighted by Gasteiger charge is 2.43. The van der Waals surface area contributed by atoms with Crippen molar-refractivity contribution in [1.82, 2.24) is 5.32 Å². The summed E-state index contributed by atoms with van der Waals surface area (Å²) in [6.45, 7) is 4.15. The number of nitrogens with one attached hydrogen (secondary N) is 1. The van der Waals surface area contributed by atoms with Crippen molar-refractivity contribution in [3.63, 3.8) is 0 Å². The molecule has 0 radical (unpaired) electrons. The lowest BCUT2D eigenvalue weighted by atomic mass is 9.87. The second-order valence-corrected chi connectivity index (χ2v) is 7.24. The molecule has 0 saturated carbocycles. The largest absolute Gasteiger partial charge is 0.444 e. The predicted octanol–water partition coefficient (Wildman–Crippen LogP) is 2.04. The number of hydrogen-bond donors (Lipinski definition) is 3. The topological polar surface area (TPSA) is 88.0 Å². The van der Waals surface area contributed by atoms with Gasteiger partial charge in [-0.25, -0.2) is 13.6 Å². The zero-order chi connectivity index (χ0) is 18.8. The number of amides is 1. The Balaban J connectivity index is 2.27. The quantitative estimate of drug-likeness (QED) is 0.769. The first-order chi connectivity index (χ1) is 11.5. The summed E-state index contributed by atoms with van der Waals surface area (Å²) in [5.74, 6) is -1.35. The molecule has 1 heterocycles. The summed E-state index contributed by atoms with van der Waals surface area (Å²) >= 11 is 0. The van der Waals surface area contributed by atoms with Crippen LogP contribution in [0.25, 0.3) is 0 Å². The van der Waals surface area contributed by atoms with Crippen LogP contribution in [-0.2, 0) is 9.47 Å². The lowest BCUT2D eigenvalue weighted by molar-refractivity contribution is -0.153. The van der Waals surface area contributed by atoms with Crippen molar-refractivity contribution in [1.29, 1.82) is 0 Å². The molecule has 1 aliphatic heterocycles. The number of rotatable bonds is 3. The van der Waals surface area contributed by atoms with E-state index in [9.17, 15) is 23.8 Å². The third-order valence-corrected chi connectivity index (χ3v) is 3.76. The van der Waals surface area contributed by atoms with E-state index in [2.05, 4.69) is 5.32 Å². The first-order valence-electron chi connectivity index (χ1n) is 7.92. The number of hydrogen-bond acceptors (Lipinski definition) is 5. The van der Waals surface area contributed by atoms with E-state index in [1.807, 2.05) is 0 Å². The van der Waals surface area contributed by atoms with Crippen molar-refractivity contribution in [3.05, 3.63) is 35.4 Å². The molecule has 3 atom stereocenters. The van der Waals surface area contributed by atoms with Crippen LogP contribution in [0.1, 0.15) is 38.9 Å². The average Bonchev–Trinajstić information content (AvgIpc) is 2.48. The van der Waals surface area contributed by atoms with Gasteiger partial charge in [-0.05, 0) is 39.0 Å². The van der Waals surface area contributed by atoms with E-state index < -0.39 is 47.7 Å². The minimum absolute atomic E-state index is 0.0824. The van der Waals surface area contributed by atoms with Crippen molar-refractivity contribution in [2.75, 3.05) is 13.2 Å². The zero-order valence-corrected chi connectivity index (χ0v) is 14.4. The molecule has 0 bridgehead atoms. The van der Waals surface area contributed by atoms with Gasteiger partial charge < -0.3 is 25.0 Å². The molecule has 6 nitrogen and oxygen atoms in total. The first-order valence-corrected chi connectivity index (χ1v) is 7.92. The van der Waals surface area contributed by atoms with Gasteiger partial charge in [0, 0.05) is 12.0 Å². The monoisotopic (exact) mass is 359 g/mol. The van der Waals surface area contributed by atoms with E-state index in [0.717, 1.165) is 18.2 Å². The summed E-state index contributed by atoms with van der Waals surface area (Å²) in [6, 6.07) is 2.00. The Bertz CT molecular complexity index is 634. The van der Waals surface area contributed by atoms with Gasteiger partial charge in [-0.2, -0.15) is 0 Å². The summed E-state index contributed by atoms with van der Waals surface area (Å²) < 4.78 is 38.2. The Morgan fingerprint density at radius 1 is 1.44 bits per heavy atom. The van der Waals surface area contributed by atoms with E-state index in [0.29, 0.717) is 0 Å². The van der Waals surface area contributed by atoms with Crippen LogP contribution in [0.3, 0.4) is 0 Å². The van der Waals surface area contributed by atoms with Crippen LogP contribution in [0, 0.1) is 11.6 Å². The zero-order valence-electron chi connectivity index (χ0n) is 14.4. The summed E-state index contributed by atoms with van der Waals surface area (Å²) in [6.07, 6.45) is -1.93. The van der Waals surface area contributed by atoms with Crippen LogP contribution in [0.2, 0.25) is 0 Å². The highest BCUT2D eigenvalue weighted by molar-refractivity contribution is 5.68. The number of alkyl carbamates (subject to hydrolysis) is 1. The molecule has 1 aromatic rings. The first kappa shape index (κ1) is 19.6. The van der Waals surface area contributed by atoms with Gasteiger partial charge in [0.1, 0.15) is 28.9 Å². The van der Waals surface area contributed by atoms with Crippen molar-refractivity contribution in [3.8, 4) is 0 Å². The van der Waals surface area contributed by atoms with Crippen molar-refractivity contribution >= 4 is 6.09 Å². The smallest absolute Gasteiger partial charge is 0.407 e. The van der Waals surface area contributed by atoms with Crippen LogP contribution in [-0.4, -0.2) is 46.8 Å². The van der Waals surface area contributed by atoms with E-state index in [-0.39, 0.29) is 18.6 Å². The molecule has 0 aliphatic carbocycles. The lowest BCUT2D eigenvalue weighted by Crippen LogP contribution is -2.55. The maximum absolute atomic E-state index is 14.1. The molecule has 8 heteroatoms. The van der Waals surface area contributed by atoms with E-state index >= 15 is 0 Å². The van der Waals surface area contributed by atoms with Crippen LogP contribution in [0.4, 0.5) is 13.6 Å². The molecule has 1 unspecified atom stereocenters. The Labute approximate surface area is 144 Å². The molecule has 1 aromatic carbocycles. The van der Waals surface area contributed by atoms with Crippen molar-refractivity contribution < 1.29 is 33.3 Å². The molecule has 25 heavy (non-hydrogen) atoms. The van der Waals surface area contributed by atoms with Gasteiger partial charge in [0.15, 0.2) is 0 Å². The summed E-state index contributed by atoms with van der Waals surface area (Å²) in [4.78, 5) is 12.1. The minimum Gasteiger partial charge on any atom is -0.444 e. The Kier molecular flexibility index (Phi) is 5.65. The second kappa shape index (κ2) is 7.23. The average molecular weight is 359 g/mol. The third kappa shape index (κ3) is 5.10. The van der Waals surface area contributed by atoms with Gasteiger partial charge in [-0.1, -0.05) is 0 Å². The Hall–Kier alpha value is -1.77. The van der Waals surface area contributed by atoms with Crippen LogP contribution >= 0.6 is 0 Å². The summed E-state index contributed by atoms with van der Waals surface area (Å²) in [7, 11) is 0. The molecule has 1 fully saturated rings. The highest BCUT2D eigenvalue weighted by Crippen LogP contribution is 2.34. The standard InChI is InChI=1S/C17H23F2NO5/c1-16(2,3)25-15(22)20-13-7-17(23,8-21)9-24-14(13)11-6-10(18)4-5-12(11)19/h4-6,13-14,21,23H,7-9H2,1-3H3,(H,20,22)/t13-,14+,17?/m0/s1. The SMILES string of the molecule is CC(C)(C)OC(=O)N[C@H]1CC(O)(CO)CO[C@@H]1c1cc(F)ccc1F. The van der Waals surface area contributed by atoms with Crippen LogP contribution in [0.15, 0.2) is 18.2 Å². The fraction of sp³-hybridized carbons (Fsp3) is 0.588. The Morgan fingerprint density at radius 2 is 2.12 bits per heavy atom. The molecule has 2 rings (SSSR count). The van der Waals surface area contributed by atoms with Crippen LogP contribution < -0.4 is 5.32 Å². The number of benzene rings is 1. The predicted molar refractivity (Wildman–Crippen MR) is 84.9 cm³/mol. The maximum Gasteiger partial charge on any atom is 0.407 e. The fourth-order valence-corrected chi connectivity index (χ4v) is 2.67. The molecule has 0 aromatic heterocycles. The third-order valence-electron chi connectivity index (χ3n) is 3.76. The molecule has 1 amide bonds. The van der Waals surface area contributed by atoms with Crippen LogP contribution in [0.5, 0.6) is 0 Å². The normalized spacial score (nSPS) is 27.0. The van der Waals surface area contributed by atoms with E-state index in [1.165, 1.54) is 0 Å². The van der Waals surface area contributed by atoms with Gasteiger partial charge >= 0.3 is 6.09 Å². The molecular formula is C17H23F2NO5. The molecule has 140 valence electrons. The number of aliphatic hydroxyl groups excluding tert-OH is 1. The molecular weight excluding hydrogens is 336 g/mol. The minimum atomic E-state index is -1.60. The van der Waals surface area contributed by atoms with Gasteiger partial charge in [-0.3, -0.25) is 0 Å². The fourth-order valence-electron chi connectivity index (χ4n) is 2.67. The van der Waals surface area contributed by atoms with E-state index in [1.54, 1.807) is 20.8 Å².